The Morgan fingerprint density at radius 2 is 0.516 bits per heavy atom. The molecule has 1 aliphatic rings. The summed E-state index contributed by atoms with van der Waals surface area (Å²) >= 11 is 9.51. The Morgan fingerprint density at radius 3 is 1.02 bits per heavy atom. The van der Waals surface area contributed by atoms with Gasteiger partial charge in [0.2, 0.25) is 0 Å². The molecule has 0 fully saturated rings. The molecule has 0 unspecified atom stereocenters. The molecule has 596 valence electrons. The van der Waals surface area contributed by atoms with Crippen molar-refractivity contribution in [1.82, 2.24) is 39.0 Å². The van der Waals surface area contributed by atoms with Gasteiger partial charge in [-0.2, -0.15) is 0 Å². The van der Waals surface area contributed by atoms with E-state index in [-0.39, 0.29) is 0 Å². The fraction of sp³-hybridized carbons (Fsp3) is 0.00870. The van der Waals surface area contributed by atoms with Gasteiger partial charge < -0.3 is 9.13 Å². The van der Waals surface area contributed by atoms with Crippen LogP contribution >= 0.6 is 56.7 Å². The molecule has 13 heteroatoms. The van der Waals surface area contributed by atoms with Gasteiger partial charge in [0.15, 0.2) is 34.9 Å². The van der Waals surface area contributed by atoms with Crippen molar-refractivity contribution in [2.45, 2.75) is 6.42 Å². The van der Waals surface area contributed by atoms with Crippen LogP contribution in [0.4, 0.5) is 0 Å². The van der Waals surface area contributed by atoms with Gasteiger partial charge in [0.25, 0.3) is 0 Å². The molecule has 9 heterocycles. The summed E-state index contributed by atoms with van der Waals surface area (Å²) in [7, 11) is 0. The van der Waals surface area contributed by atoms with Crippen LogP contribution in [-0.2, 0) is 6.42 Å². The average molecular weight is 1720 g/mol. The molecule has 27 aromatic rings. The standard InChI is InChI=1S/C58H34N4S2.C57H32N4S3/c1-3-12-34(13-4-1)56-59-57(35-14-5-2-6-15-35)61-58(60-56)39-23-22-36-30-37-24-26-40(33-48(37)47(36)32-39)62-50-20-9-7-16-42(50)49-31-38(25-29-51(49)62)41-18-11-19-44-46-28-27-45-43-17-8-10-21-52(43)63-54(45)55(46)64-53(41)44;1-3-14-33(15-4-1)55-58-56(34-16-5-2-6-17-34)60-57(59-55)44-24-12-22-39-41-23-13-26-48(52(41)63-51(39)44)61-46-25-9-7-18-37(46)45-32-35(28-31-47(45)61)36-20-11-21-40-43-30-29-42-38-19-8-10-27-49(38)62-53(42)54(43)64-50(36)40/h1-29,31-33H,30H2;1-32H. The van der Waals surface area contributed by atoms with Crippen molar-refractivity contribution in [1.29, 1.82) is 0 Å². The van der Waals surface area contributed by atoms with Gasteiger partial charge in [-0.15, -0.1) is 56.7 Å². The molecule has 8 nitrogen and oxygen atoms in total. The first-order chi connectivity index (χ1) is 63.4. The lowest BCUT2D eigenvalue weighted by Crippen LogP contribution is -2.00. The van der Waals surface area contributed by atoms with Gasteiger partial charge in [-0.05, 0) is 130 Å². The fourth-order valence-electron chi connectivity index (χ4n) is 19.8. The maximum absolute atomic E-state index is 5.14. The van der Waals surface area contributed by atoms with Gasteiger partial charge in [0.1, 0.15) is 0 Å². The molecule has 28 rings (SSSR count). The van der Waals surface area contributed by atoms with Gasteiger partial charge >= 0.3 is 0 Å². The van der Waals surface area contributed by atoms with Crippen molar-refractivity contribution in [3.63, 3.8) is 0 Å². The number of para-hydroxylation sites is 2. The summed E-state index contributed by atoms with van der Waals surface area (Å²) in [4.78, 5) is 30.3. The van der Waals surface area contributed by atoms with E-state index in [1.807, 2.05) is 129 Å². The Labute approximate surface area is 752 Å². The minimum Gasteiger partial charge on any atom is -0.309 e. The second-order valence-electron chi connectivity index (χ2n) is 33.0. The van der Waals surface area contributed by atoms with Crippen molar-refractivity contribution in [2.75, 3.05) is 0 Å². The van der Waals surface area contributed by atoms with Crippen molar-refractivity contribution in [3.05, 3.63) is 399 Å². The third-order valence-corrected chi connectivity index (χ3v) is 32.3. The van der Waals surface area contributed by atoms with Crippen LogP contribution in [-0.4, -0.2) is 39.0 Å². The summed E-state index contributed by atoms with van der Waals surface area (Å²) in [6, 6.07) is 140. The number of fused-ring (bicyclic) bond motifs is 26. The molecule has 0 N–H and O–H groups in total. The molecule has 128 heavy (non-hydrogen) atoms. The molecule has 1 aliphatic carbocycles. The first-order valence-electron chi connectivity index (χ1n) is 43.0. The molecule has 9 aromatic heterocycles. The molecule has 0 saturated carbocycles. The molecule has 18 aromatic carbocycles. The van der Waals surface area contributed by atoms with Crippen molar-refractivity contribution in [2.24, 2.45) is 0 Å². The number of hydrogen-bond donors (Lipinski definition) is 0. The molecular formula is C115H66N8S5. The lowest BCUT2D eigenvalue weighted by atomic mass is 10.0. The van der Waals surface area contributed by atoms with E-state index in [0.717, 1.165) is 55.9 Å². The molecule has 0 aliphatic heterocycles. The summed E-state index contributed by atoms with van der Waals surface area (Å²) in [6.07, 6.45) is 0.890. The Balaban J connectivity index is 0.000000132. The highest BCUT2D eigenvalue weighted by Crippen LogP contribution is 2.52. The zero-order valence-corrected chi connectivity index (χ0v) is 72.4. The van der Waals surface area contributed by atoms with Crippen LogP contribution in [0.25, 0.3) is 258 Å². The van der Waals surface area contributed by atoms with Gasteiger partial charge in [0.05, 0.1) is 51.3 Å². The largest absolute Gasteiger partial charge is 0.309 e. The maximum Gasteiger partial charge on any atom is 0.165 e. The number of rotatable bonds is 10. The Hall–Kier alpha value is -15.3. The summed E-state index contributed by atoms with van der Waals surface area (Å²) in [6.45, 7) is 0. The van der Waals surface area contributed by atoms with E-state index in [0.29, 0.717) is 34.9 Å². The number of benzene rings is 18. The topological polar surface area (TPSA) is 87.2 Å². The van der Waals surface area contributed by atoms with E-state index >= 15 is 0 Å². The van der Waals surface area contributed by atoms with Crippen molar-refractivity contribution < 1.29 is 0 Å². The van der Waals surface area contributed by atoms with E-state index in [2.05, 4.69) is 325 Å². The first-order valence-corrected chi connectivity index (χ1v) is 47.1. The fourth-order valence-corrected chi connectivity index (χ4v) is 26.5. The number of hydrogen-bond acceptors (Lipinski definition) is 11. The number of thiophene rings is 5. The van der Waals surface area contributed by atoms with Crippen LogP contribution in [0.15, 0.2) is 388 Å². The quantitative estimate of drug-likeness (QED) is 0.136. The molecule has 0 spiro atoms. The molecular weight excluding hydrogens is 1650 g/mol. The second kappa shape index (κ2) is 29.1. The molecule has 0 saturated heterocycles. The van der Waals surface area contributed by atoms with E-state index in [1.165, 1.54) is 184 Å². The third kappa shape index (κ3) is 11.6. The predicted molar refractivity (Wildman–Crippen MR) is 545 cm³/mol. The number of nitrogens with zero attached hydrogens (tertiary/aromatic N) is 8. The minimum atomic E-state index is 0.657. The van der Waals surface area contributed by atoms with Gasteiger partial charge in [-0.25, -0.2) is 29.9 Å². The zero-order valence-electron chi connectivity index (χ0n) is 68.3. The van der Waals surface area contributed by atoms with Gasteiger partial charge in [0, 0.05) is 138 Å². The van der Waals surface area contributed by atoms with E-state index < -0.39 is 0 Å². The minimum absolute atomic E-state index is 0.657. The van der Waals surface area contributed by atoms with Crippen LogP contribution in [0.2, 0.25) is 0 Å². The predicted octanol–water partition coefficient (Wildman–Crippen LogP) is 32.7. The lowest BCUT2D eigenvalue weighted by Gasteiger charge is -2.12. The monoisotopic (exact) mass is 1720 g/mol. The van der Waals surface area contributed by atoms with Gasteiger partial charge in [-0.1, -0.05) is 309 Å². The highest BCUT2D eigenvalue weighted by atomic mass is 32.1. The van der Waals surface area contributed by atoms with Crippen LogP contribution in [0, 0.1) is 0 Å². The zero-order chi connectivity index (χ0) is 83.8. The Kier molecular flexibility index (Phi) is 16.6. The summed E-state index contributed by atoms with van der Waals surface area (Å²) in [5, 5.41) is 18.1. The second-order valence-corrected chi connectivity index (χ2v) is 38.1. The summed E-state index contributed by atoms with van der Waals surface area (Å²) < 4.78 is 18.2. The van der Waals surface area contributed by atoms with Gasteiger partial charge in [-0.3, -0.25) is 0 Å². The van der Waals surface area contributed by atoms with E-state index in [9.17, 15) is 0 Å². The Morgan fingerprint density at radius 1 is 0.180 bits per heavy atom. The summed E-state index contributed by atoms with van der Waals surface area (Å²) in [5.74, 6) is 3.97. The summed E-state index contributed by atoms with van der Waals surface area (Å²) in [5.41, 5.74) is 23.0. The van der Waals surface area contributed by atoms with E-state index in [1.54, 1.807) is 0 Å². The highest BCUT2D eigenvalue weighted by molar-refractivity contribution is 7.34. The SMILES string of the molecule is c1ccc(-c2nc(-c3ccccc3)nc(-c3ccc4c(c3)-c3cc(-n5c6ccccc6c6cc(-c7cccc8c7sc7c8ccc8c9ccccc9sc87)ccc65)ccc3C4)n2)cc1.c1ccc(-c2nc(-c3ccccc3)nc(-c3cccc4c3sc3c(-n5c6ccccc6c6cc(-c7cccc8c7sc7c8ccc8c9ccccc9sc87)ccc65)cccc34)n2)cc1. The third-order valence-electron chi connectivity index (χ3n) is 25.8. The molecule has 0 bridgehead atoms. The molecule has 0 radical (unpaired) electrons. The van der Waals surface area contributed by atoms with Crippen LogP contribution < -0.4 is 0 Å². The van der Waals surface area contributed by atoms with Crippen LogP contribution in [0.3, 0.4) is 0 Å². The first kappa shape index (κ1) is 73.1. The Bertz CT molecular complexity index is 9200. The number of aromatic nitrogens is 8. The normalized spacial score (nSPS) is 12.2. The average Bonchev–Trinajstić information content (AvgIpc) is 1.56. The van der Waals surface area contributed by atoms with Crippen LogP contribution in [0.5, 0.6) is 0 Å². The van der Waals surface area contributed by atoms with Crippen molar-refractivity contribution >= 4 is 201 Å². The smallest absolute Gasteiger partial charge is 0.165 e. The lowest BCUT2D eigenvalue weighted by molar-refractivity contribution is 1.07. The van der Waals surface area contributed by atoms with E-state index in [4.69, 9.17) is 29.9 Å². The highest BCUT2D eigenvalue weighted by Gasteiger charge is 2.27. The molecule has 0 atom stereocenters. The van der Waals surface area contributed by atoms with Crippen molar-refractivity contribution in [3.8, 4) is 113 Å². The molecule has 0 amide bonds. The van der Waals surface area contributed by atoms with Crippen LogP contribution in [0.1, 0.15) is 11.1 Å². The maximum atomic E-state index is 5.14.